The van der Waals surface area contributed by atoms with E-state index in [1.54, 1.807) is 12.3 Å². The number of carbonyl (C=O) groups excluding carboxylic acids is 1. The summed E-state index contributed by atoms with van der Waals surface area (Å²) in [5.74, 6) is -0.180. The molecule has 2 aromatic carbocycles. The van der Waals surface area contributed by atoms with Crippen LogP contribution < -0.4 is 10.6 Å². The Labute approximate surface area is 164 Å². The van der Waals surface area contributed by atoms with Crippen molar-refractivity contribution < 1.29 is 4.79 Å². The maximum atomic E-state index is 12.2. The van der Waals surface area contributed by atoms with Crippen LogP contribution in [0.3, 0.4) is 0 Å². The molecule has 138 valence electrons. The Morgan fingerprint density at radius 3 is 2.56 bits per heavy atom. The molecule has 4 nitrogen and oxygen atoms in total. The average molecular weight is 380 g/mol. The molecule has 0 bridgehead atoms. The summed E-state index contributed by atoms with van der Waals surface area (Å²) in [6, 6.07) is 19.5. The lowest BCUT2D eigenvalue weighted by Gasteiger charge is -2.08. The zero-order chi connectivity index (χ0) is 19.1. The Kier molecular flexibility index (Phi) is 6.44. The fraction of sp³-hybridized carbons (Fsp3) is 0.182. The van der Waals surface area contributed by atoms with Crippen LogP contribution in [0.4, 0.5) is 5.69 Å². The first-order valence-electron chi connectivity index (χ1n) is 8.88. The molecule has 1 heterocycles. The normalized spacial score (nSPS) is 10.4. The molecule has 1 aromatic heterocycles. The first-order valence-corrected chi connectivity index (χ1v) is 9.26. The molecule has 0 unspecified atom stereocenters. The Bertz CT molecular complexity index is 892. The fourth-order valence-corrected chi connectivity index (χ4v) is 2.87. The molecule has 5 heteroatoms. The van der Waals surface area contributed by atoms with Crippen molar-refractivity contribution in [2.45, 2.75) is 19.9 Å². The molecule has 3 aromatic rings. The summed E-state index contributed by atoms with van der Waals surface area (Å²) >= 11 is 5.99. The largest absolute Gasteiger partial charge is 0.383 e. The number of aryl methyl sites for hydroxylation is 1. The van der Waals surface area contributed by atoms with Gasteiger partial charge in [0.1, 0.15) is 5.69 Å². The second-order valence-electron chi connectivity index (χ2n) is 6.41. The molecule has 1 amide bonds. The van der Waals surface area contributed by atoms with Crippen LogP contribution in [0.2, 0.25) is 5.02 Å². The number of anilines is 1. The Hall–Kier alpha value is -2.85. The van der Waals surface area contributed by atoms with Crippen molar-refractivity contribution in [2.75, 3.05) is 11.9 Å². The number of nitrogens with zero attached hydrogens (tertiary/aromatic N) is 1. The monoisotopic (exact) mass is 379 g/mol. The van der Waals surface area contributed by atoms with Crippen LogP contribution in [0.1, 0.15) is 27.2 Å². The minimum absolute atomic E-state index is 0.180. The van der Waals surface area contributed by atoms with E-state index in [0.29, 0.717) is 12.2 Å². The Balaban J connectivity index is 1.47. The summed E-state index contributed by atoms with van der Waals surface area (Å²) in [5.41, 5.74) is 4.73. The quantitative estimate of drug-likeness (QED) is 0.629. The van der Waals surface area contributed by atoms with Crippen molar-refractivity contribution in [3.05, 3.63) is 94.3 Å². The molecule has 0 aliphatic heterocycles. The van der Waals surface area contributed by atoms with E-state index in [0.717, 1.165) is 29.2 Å². The van der Waals surface area contributed by atoms with Crippen molar-refractivity contribution in [1.29, 1.82) is 0 Å². The van der Waals surface area contributed by atoms with Crippen LogP contribution >= 0.6 is 11.6 Å². The second-order valence-corrected chi connectivity index (χ2v) is 6.84. The van der Waals surface area contributed by atoms with Crippen molar-refractivity contribution in [3.63, 3.8) is 0 Å². The third-order valence-electron chi connectivity index (χ3n) is 4.20. The van der Waals surface area contributed by atoms with Crippen molar-refractivity contribution in [2.24, 2.45) is 0 Å². The van der Waals surface area contributed by atoms with Crippen LogP contribution in [0.5, 0.6) is 0 Å². The highest BCUT2D eigenvalue weighted by atomic mass is 35.5. The van der Waals surface area contributed by atoms with Crippen molar-refractivity contribution >= 4 is 23.2 Å². The maximum absolute atomic E-state index is 12.2. The first-order chi connectivity index (χ1) is 13.1. The van der Waals surface area contributed by atoms with E-state index in [1.807, 2.05) is 61.5 Å². The number of carbonyl (C=O) groups is 1. The number of hydrogen-bond acceptors (Lipinski definition) is 3. The predicted molar refractivity (Wildman–Crippen MR) is 110 cm³/mol. The Morgan fingerprint density at radius 1 is 1.04 bits per heavy atom. The number of rotatable bonds is 7. The highest BCUT2D eigenvalue weighted by molar-refractivity contribution is 6.30. The van der Waals surface area contributed by atoms with Gasteiger partial charge in [-0.05, 0) is 48.7 Å². The molecule has 0 radical (unpaired) electrons. The van der Waals surface area contributed by atoms with E-state index in [9.17, 15) is 4.79 Å². The van der Waals surface area contributed by atoms with E-state index in [-0.39, 0.29) is 5.91 Å². The lowest BCUT2D eigenvalue weighted by molar-refractivity contribution is 0.0946. The summed E-state index contributed by atoms with van der Waals surface area (Å²) < 4.78 is 0. The smallest absolute Gasteiger partial charge is 0.270 e. The molecule has 3 rings (SSSR count). The van der Waals surface area contributed by atoms with Crippen molar-refractivity contribution in [3.8, 4) is 0 Å². The van der Waals surface area contributed by atoms with Gasteiger partial charge < -0.3 is 10.6 Å². The fourth-order valence-electron chi connectivity index (χ4n) is 2.66. The zero-order valence-electron chi connectivity index (χ0n) is 15.2. The first kappa shape index (κ1) is 18.9. The van der Waals surface area contributed by atoms with E-state index >= 15 is 0 Å². The number of nitrogens with one attached hydrogen (secondary N) is 2. The van der Waals surface area contributed by atoms with Gasteiger partial charge in [-0.3, -0.25) is 4.79 Å². The summed E-state index contributed by atoms with van der Waals surface area (Å²) in [6.45, 7) is 3.29. The van der Waals surface area contributed by atoms with E-state index in [2.05, 4.69) is 15.6 Å². The predicted octanol–water partition coefficient (Wildman–Crippen LogP) is 4.63. The number of aromatic nitrogens is 1. The van der Waals surface area contributed by atoms with Gasteiger partial charge in [0.05, 0.1) is 11.9 Å². The highest BCUT2D eigenvalue weighted by Gasteiger charge is 2.07. The van der Waals surface area contributed by atoms with Gasteiger partial charge >= 0.3 is 0 Å². The van der Waals surface area contributed by atoms with Gasteiger partial charge in [-0.25, -0.2) is 4.98 Å². The molecule has 0 saturated carbocycles. The molecule has 2 N–H and O–H groups in total. The minimum atomic E-state index is -0.180. The number of halogens is 1. The molecule has 27 heavy (non-hydrogen) atoms. The number of amides is 1. The maximum Gasteiger partial charge on any atom is 0.270 e. The molecule has 0 saturated heterocycles. The summed E-state index contributed by atoms with van der Waals surface area (Å²) in [6.07, 6.45) is 2.54. The molecule has 0 aliphatic rings. The topological polar surface area (TPSA) is 54.0 Å². The third kappa shape index (κ3) is 5.83. The van der Waals surface area contributed by atoms with E-state index in [4.69, 9.17) is 11.6 Å². The van der Waals surface area contributed by atoms with Gasteiger partial charge in [0.25, 0.3) is 5.91 Å². The number of pyridine rings is 1. The number of hydrogen-bond donors (Lipinski definition) is 2. The molecular weight excluding hydrogens is 358 g/mol. The van der Waals surface area contributed by atoms with Crippen LogP contribution in [-0.4, -0.2) is 17.4 Å². The summed E-state index contributed by atoms with van der Waals surface area (Å²) in [7, 11) is 0. The zero-order valence-corrected chi connectivity index (χ0v) is 16.0. The summed E-state index contributed by atoms with van der Waals surface area (Å²) in [4.78, 5) is 16.5. The van der Waals surface area contributed by atoms with Gasteiger partial charge in [-0.1, -0.05) is 53.6 Å². The lowest BCUT2D eigenvalue weighted by Crippen LogP contribution is -2.23. The molecule has 0 fully saturated rings. The van der Waals surface area contributed by atoms with Crippen molar-refractivity contribution in [1.82, 2.24) is 10.3 Å². The van der Waals surface area contributed by atoms with E-state index in [1.165, 1.54) is 11.1 Å². The van der Waals surface area contributed by atoms with Crippen LogP contribution in [0.25, 0.3) is 0 Å². The van der Waals surface area contributed by atoms with Crippen LogP contribution in [0, 0.1) is 6.92 Å². The highest BCUT2D eigenvalue weighted by Crippen LogP contribution is 2.12. The van der Waals surface area contributed by atoms with E-state index < -0.39 is 0 Å². The van der Waals surface area contributed by atoms with Gasteiger partial charge in [0.15, 0.2) is 0 Å². The van der Waals surface area contributed by atoms with Crippen LogP contribution in [-0.2, 0) is 13.0 Å². The van der Waals surface area contributed by atoms with Gasteiger partial charge in [0.2, 0.25) is 0 Å². The minimum Gasteiger partial charge on any atom is -0.383 e. The summed E-state index contributed by atoms with van der Waals surface area (Å²) in [5, 5.41) is 6.94. The van der Waals surface area contributed by atoms with Crippen LogP contribution in [0.15, 0.2) is 66.9 Å². The van der Waals surface area contributed by atoms with Gasteiger partial charge in [0, 0.05) is 18.1 Å². The SMILES string of the molecule is Cc1ccc(CNC(=O)c2ccc(NCCc3cccc(Cl)c3)cn2)cc1. The molecule has 0 spiro atoms. The average Bonchev–Trinajstić information content (AvgIpc) is 2.68. The third-order valence-corrected chi connectivity index (χ3v) is 4.44. The Morgan fingerprint density at radius 2 is 1.85 bits per heavy atom. The molecule has 0 atom stereocenters. The van der Waals surface area contributed by atoms with Gasteiger partial charge in [-0.15, -0.1) is 0 Å². The molecular formula is C22H22ClN3O. The standard InChI is InChI=1S/C22H22ClN3O/c1-16-5-7-18(8-6-16)14-26-22(27)21-10-9-20(15-25-21)24-12-11-17-3-2-4-19(23)13-17/h2-10,13,15,24H,11-12,14H2,1H3,(H,26,27). The second kappa shape index (κ2) is 9.19. The lowest BCUT2D eigenvalue weighted by atomic mass is 10.1. The van der Waals surface area contributed by atoms with Gasteiger partial charge in [-0.2, -0.15) is 0 Å². The molecule has 0 aliphatic carbocycles. The number of benzene rings is 2.